The molecule has 0 bridgehead atoms. The van der Waals surface area contributed by atoms with Gasteiger partial charge in [-0.05, 0) is 45.6 Å². The first kappa shape index (κ1) is 14.4. The van der Waals surface area contributed by atoms with Crippen LogP contribution in [0.25, 0.3) is 0 Å². The molecule has 19 heavy (non-hydrogen) atoms. The molecule has 0 amide bonds. The molecular weight excluding hydrogens is 234 g/mol. The Morgan fingerprint density at radius 1 is 1.16 bits per heavy atom. The van der Waals surface area contributed by atoms with E-state index in [4.69, 9.17) is 0 Å². The topological polar surface area (TPSA) is 9.72 Å². The zero-order chi connectivity index (χ0) is 13.8. The average molecular weight is 261 g/mol. The second-order valence-corrected chi connectivity index (χ2v) is 5.92. The Morgan fingerprint density at radius 2 is 1.89 bits per heavy atom. The molecule has 0 saturated carbocycles. The molecule has 3 nitrogen and oxygen atoms in total. The summed E-state index contributed by atoms with van der Waals surface area (Å²) in [4.78, 5) is 7.17. The third kappa shape index (κ3) is 3.48. The predicted octanol–water partition coefficient (Wildman–Crippen LogP) is 2.45. The molecule has 106 valence electrons. The molecule has 1 unspecified atom stereocenters. The van der Waals surface area contributed by atoms with Crippen LogP contribution in [-0.2, 0) is 0 Å². The number of anilines is 1. The Hall–Kier alpha value is -1.06. The van der Waals surface area contributed by atoms with Crippen molar-refractivity contribution >= 4 is 5.69 Å². The van der Waals surface area contributed by atoms with Crippen molar-refractivity contribution in [3.05, 3.63) is 29.8 Å². The van der Waals surface area contributed by atoms with Crippen LogP contribution in [0.5, 0.6) is 0 Å². The molecule has 0 saturated heterocycles. The van der Waals surface area contributed by atoms with Gasteiger partial charge in [0.15, 0.2) is 0 Å². The molecule has 0 fully saturated rings. The van der Waals surface area contributed by atoms with Crippen LogP contribution in [0.4, 0.5) is 5.69 Å². The van der Waals surface area contributed by atoms with Gasteiger partial charge in [-0.2, -0.15) is 0 Å². The number of benzene rings is 1. The summed E-state index contributed by atoms with van der Waals surface area (Å²) in [5.41, 5.74) is 2.89. The number of hydrogen-bond donors (Lipinski definition) is 0. The first-order valence-electron chi connectivity index (χ1n) is 7.24. The van der Waals surface area contributed by atoms with Gasteiger partial charge in [0, 0.05) is 38.4 Å². The fraction of sp³-hybridized carbons (Fsp3) is 0.625. The van der Waals surface area contributed by atoms with Crippen molar-refractivity contribution in [2.24, 2.45) is 0 Å². The molecule has 1 aliphatic heterocycles. The van der Waals surface area contributed by atoms with Gasteiger partial charge in [-0.1, -0.05) is 18.2 Å². The molecule has 1 atom stereocenters. The van der Waals surface area contributed by atoms with Crippen LogP contribution in [0, 0.1) is 0 Å². The Labute approximate surface area is 117 Å². The van der Waals surface area contributed by atoms with E-state index in [0.717, 1.165) is 19.6 Å². The summed E-state index contributed by atoms with van der Waals surface area (Å²) >= 11 is 0. The van der Waals surface area contributed by atoms with E-state index in [1.807, 2.05) is 0 Å². The molecule has 3 heteroatoms. The molecule has 0 aliphatic carbocycles. The van der Waals surface area contributed by atoms with Crippen LogP contribution in [-0.4, -0.2) is 57.6 Å². The summed E-state index contributed by atoms with van der Waals surface area (Å²) in [7, 11) is 8.75. The minimum absolute atomic E-state index is 0.557. The van der Waals surface area contributed by atoms with E-state index in [0.29, 0.717) is 6.04 Å². The SMILES string of the molecule is CN(C)CCN(C)C1CCCN(C)c2ccccc21. The van der Waals surface area contributed by atoms with Crippen LogP contribution >= 0.6 is 0 Å². The number of fused-ring (bicyclic) bond motifs is 1. The number of nitrogens with zero attached hydrogens (tertiary/aromatic N) is 3. The molecule has 0 N–H and O–H groups in total. The van der Waals surface area contributed by atoms with Crippen molar-refractivity contribution in [1.82, 2.24) is 9.80 Å². The highest BCUT2D eigenvalue weighted by molar-refractivity contribution is 5.55. The van der Waals surface area contributed by atoms with Crippen molar-refractivity contribution in [2.75, 3.05) is 52.7 Å². The lowest BCUT2D eigenvalue weighted by molar-refractivity contribution is 0.210. The lowest BCUT2D eigenvalue weighted by Crippen LogP contribution is -2.32. The normalized spacial score (nSPS) is 19.7. The van der Waals surface area contributed by atoms with Crippen LogP contribution in [0.15, 0.2) is 24.3 Å². The zero-order valence-corrected chi connectivity index (χ0v) is 12.8. The molecule has 0 aromatic heterocycles. The number of likely N-dealkylation sites (N-methyl/N-ethyl adjacent to an activating group) is 2. The number of para-hydroxylation sites is 1. The van der Waals surface area contributed by atoms with Crippen LogP contribution in [0.3, 0.4) is 0 Å². The van der Waals surface area contributed by atoms with Gasteiger partial charge in [-0.3, -0.25) is 4.90 Å². The highest BCUT2D eigenvalue weighted by atomic mass is 15.2. The van der Waals surface area contributed by atoms with Gasteiger partial charge in [0.1, 0.15) is 0 Å². The largest absolute Gasteiger partial charge is 0.374 e. The Balaban J connectivity index is 2.18. The van der Waals surface area contributed by atoms with Crippen molar-refractivity contribution in [1.29, 1.82) is 0 Å². The minimum atomic E-state index is 0.557. The lowest BCUT2D eigenvalue weighted by atomic mass is 10.0. The van der Waals surface area contributed by atoms with Gasteiger partial charge in [-0.25, -0.2) is 0 Å². The molecule has 0 spiro atoms. The van der Waals surface area contributed by atoms with Crippen LogP contribution < -0.4 is 4.90 Å². The third-order valence-electron chi connectivity index (χ3n) is 4.11. The Bertz CT molecular complexity index is 403. The lowest BCUT2D eigenvalue weighted by Gasteiger charge is -2.30. The number of rotatable bonds is 4. The fourth-order valence-corrected chi connectivity index (χ4v) is 2.89. The van der Waals surface area contributed by atoms with E-state index in [-0.39, 0.29) is 0 Å². The van der Waals surface area contributed by atoms with Gasteiger partial charge >= 0.3 is 0 Å². The molecule has 2 rings (SSSR count). The van der Waals surface area contributed by atoms with Crippen LogP contribution in [0.2, 0.25) is 0 Å². The summed E-state index contributed by atoms with van der Waals surface area (Å²) in [6, 6.07) is 9.44. The smallest absolute Gasteiger partial charge is 0.0412 e. The van der Waals surface area contributed by atoms with Gasteiger partial charge < -0.3 is 9.80 Å². The summed E-state index contributed by atoms with van der Waals surface area (Å²) < 4.78 is 0. The quantitative estimate of drug-likeness (QED) is 0.824. The summed E-state index contributed by atoms with van der Waals surface area (Å²) in [6.07, 6.45) is 2.52. The van der Waals surface area contributed by atoms with Gasteiger partial charge in [-0.15, -0.1) is 0 Å². The summed E-state index contributed by atoms with van der Waals surface area (Å²) in [5, 5.41) is 0. The highest BCUT2D eigenvalue weighted by Gasteiger charge is 2.23. The van der Waals surface area contributed by atoms with Gasteiger partial charge in [0.2, 0.25) is 0 Å². The molecule has 1 heterocycles. The van der Waals surface area contributed by atoms with Crippen molar-refractivity contribution < 1.29 is 0 Å². The molecular formula is C16H27N3. The van der Waals surface area contributed by atoms with Gasteiger partial charge in [0.25, 0.3) is 0 Å². The van der Waals surface area contributed by atoms with Gasteiger partial charge in [0.05, 0.1) is 0 Å². The molecule has 0 radical (unpaired) electrons. The molecule has 1 aromatic carbocycles. The zero-order valence-electron chi connectivity index (χ0n) is 12.8. The van der Waals surface area contributed by atoms with Crippen molar-refractivity contribution in [2.45, 2.75) is 18.9 Å². The maximum absolute atomic E-state index is 2.51. The highest BCUT2D eigenvalue weighted by Crippen LogP contribution is 2.35. The van der Waals surface area contributed by atoms with E-state index in [2.05, 4.69) is 67.2 Å². The van der Waals surface area contributed by atoms with E-state index < -0.39 is 0 Å². The first-order chi connectivity index (χ1) is 9.09. The fourth-order valence-electron chi connectivity index (χ4n) is 2.89. The van der Waals surface area contributed by atoms with E-state index in [1.54, 1.807) is 0 Å². The van der Waals surface area contributed by atoms with E-state index >= 15 is 0 Å². The van der Waals surface area contributed by atoms with Crippen LogP contribution in [0.1, 0.15) is 24.4 Å². The molecule has 1 aromatic rings. The van der Waals surface area contributed by atoms with Crippen molar-refractivity contribution in [3.8, 4) is 0 Å². The van der Waals surface area contributed by atoms with E-state index in [9.17, 15) is 0 Å². The summed E-state index contributed by atoms with van der Waals surface area (Å²) in [6.45, 7) is 3.40. The third-order valence-corrected chi connectivity index (χ3v) is 4.11. The second kappa shape index (κ2) is 6.40. The second-order valence-electron chi connectivity index (χ2n) is 5.92. The first-order valence-corrected chi connectivity index (χ1v) is 7.24. The average Bonchev–Trinajstić information content (AvgIpc) is 2.56. The van der Waals surface area contributed by atoms with Crippen molar-refractivity contribution in [3.63, 3.8) is 0 Å². The maximum atomic E-state index is 2.51. The minimum Gasteiger partial charge on any atom is -0.374 e. The Kier molecular flexibility index (Phi) is 4.83. The monoisotopic (exact) mass is 261 g/mol. The standard InChI is InChI=1S/C16H27N3/c1-17(2)12-13-19(4)16-10-7-11-18(3)15-9-6-5-8-14(15)16/h5-6,8-9,16H,7,10-13H2,1-4H3. The molecule has 1 aliphatic rings. The predicted molar refractivity (Wildman–Crippen MR) is 82.9 cm³/mol. The Morgan fingerprint density at radius 3 is 2.63 bits per heavy atom. The maximum Gasteiger partial charge on any atom is 0.0412 e. The number of hydrogen-bond acceptors (Lipinski definition) is 3. The summed E-state index contributed by atoms with van der Waals surface area (Å²) in [5.74, 6) is 0. The van der Waals surface area contributed by atoms with E-state index in [1.165, 1.54) is 24.1 Å².